The molecule has 0 aliphatic carbocycles. The third-order valence-corrected chi connectivity index (χ3v) is 6.02. The summed E-state index contributed by atoms with van der Waals surface area (Å²) in [6.45, 7) is 2.15. The first-order valence-electron chi connectivity index (χ1n) is 9.23. The Morgan fingerprint density at radius 3 is 2.62 bits per heavy atom. The summed E-state index contributed by atoms with van der Waals surface area (Å²) in [4.78, 5) is 12.5. The molecule has 1 unspecified atom stereocenters. The van der Waals surface area contributed by atoms with E-state index in [2.05, 4.69) is 37.2 Å². The molecule has 1 atom stereocenters. The first-order valence-corrected chi connectivity index (χ1v) is 13.3. The van der Waals surface area contributed by atoms with Gasteiger partial charge in [0.1, 0.15) is 17.3 Å². The summed E-state index contributed by atoms with van der Waals surface area (Å²) in [6, 6.07) is 10.9. The molecule has 0 aliphatic heterocycles. The van der Waals surface area contributed by atoms with E-state index in [0.29, 0.717) is 29.3 Å². The number of ether oxygens (including phenoxy) is 2. The van der Waals surface area contributed by atoms with Crippen molar-refractivity contribution in [1.29, 1.82) is 0 Å². The predicted octanol–water partition coefficient (Wildman–Crippen LogP) is 5.71. The molecule has 1 amide bonds. The highest BCUT2D eigenvalue weighted by Gasteiger charge is 2.32. The normalized spacial score (nSPS) is 11.7. The summed E-state index contributed by atoms with van der Waals surface area (Å²) < 4.78 is 62.8. The first-order chi connectivity index (χ1) is 15.2. The van der Waals surface area contributed by atoms with Gasteiger partial charge >= 0.3 is 6.36 Å². The molecule has 2 aromatic carbocycles. The van der Waals surface area contributed by atoms with Crippen molar-refractivity contribution in [2.24, 2.45) is 0 Å². The van der Waals surface area contributed by atoms with Gasteiger partial charge in [-0.1, -0.05) is 12.1 Å². The van der Waals surface area contributed by atoms with Gasteiger partial charge in [0.05, 0.1) is 36.5 Å². The second-order valence-electron chi connectivity index (χ2n) is 6.32. The Morgan fingerprint density at radius 1 is 1.19 bits per heavy atom. The Balaban J connectivity index is 1.82. The topological polar surface area (TPSA) is 65.4 Å². The molecule has 0 saturated carbocycles. The Bertz CT molecular complexity index is 1110. The van der Waals surface area contributed by atoms with Gasteiger partial charge < -0.3 is 14.8 Å². The Hall–Kier alpha value is -2.40. The van der Waals surface area contributed by atoms with Crippen molar-refractivity contribution in [1.82, 2.24) is 14.9 Å². The summed E-state index contributed by atoms with van der Waals surface area (Å²) in [6.07, 6.45) is -4.75. The molecule has 1 heterocycles. The lowest BCUT2D eigenvalue weighted by atomic mass is 10.1. The van der Waals surface area contributed by atoms with Gasteiger partial charge in [-0.2, -0.15) is 5.10 Å². The lowest BCUT2D eigenvalue weighted by Crippen LogP contribution is -2.25. The smallest absolute Gasteiger partial charge is 0.493 e. The number of para-hydroxylation sites is 1. The number of rotatable bonds is 8. The Morgan fingerprint density at radius 2 is 1.94 bits per heavy atom. The molecule has 0 spiro atoms. The number of aromatic nitrogens is 2. The van der Waals surface area contributed by atoms with Crippen molar-refractivity contribution in [3.8, 4) is 22.8 Å². The second-order valence-corrected chi connectivity index (χ2v) is 8.36. The highest BCUT2D eigenvalue weighted by atomic mass is 127. The number of halogens is 5. The quantitative estimate of drug-likeness (QED) is 0.211. The van der Waals surface area contributed by atoms with Crippen LogP contribution in [0.4, 0.5) is 17.6 Å². The van der Waals surface area contributed by atoms with Gasteiger partial charge in [0, 0.05) is 5.56 Å². The van der Waals surface area contributed by atoms with Crippen LogP contribution in [-0.4, -0.2) is 28.4 Å². The van der Waals surface area contributed by atoms with Crippen molar-refractivity contribution in [3.05, 3.63) is 65.6 Å². The summed E-state index contributed by atoms with van der Waals surface area (Å²) in [5.74, 6) is -1.31. The minimum Gasteiger partial charge on any atom is -0.493 e. The molecule has 0 fully saturated rings. The molecular weight excluding hydrogens is 564 g/mol. The van der Waals surface area contributed by atoms with Crippen LogP contribution in [0.2, 0.25) is 0 Å². The predicted molar refractivity (Wildman–Crippen MR) is 121 cm³/mol. The van der Waals surface area contributed by atoms with Gasteiger partial charge in [0.15, 0.2) is 0 Å². The summed E-state index contributed by atoms with van der Waals surface area (Å²) in [5, 5.41) is 6.94. The first kappa shape index (κ1) is 24.2. The van der Waals surface area contributed by atoms with E-state index >= 15 is 0 Å². The fraction of sp³-hybridized carbons (Fsp3) is 0.200. The number of carbonyl (C=O) groups is 1. The molecule has 0 aliphatic rings. The molecule has 32 heavy (non-hydrogen) atoms. The maximum atomic E-state index is 13.9. The molecule has 3 aromatic rings. The molecule has 1 aromatic heterocycles. The number of hydrogen-bond acceptors (Lipinski definition) is 4. The third-order valence-electron chi connectivity index (χ3n) is 4.14. The van der Waals surface area contributed by atoms with Gasteiger partial charge in [0.2, 0.25) is 0 Å². The molecule has 6 nitrogen and oxygen atoms in total. The van der Waals surface area contributed by atoms with Crippen LogP contribution in [0.1, 0.15) is 23.0 Å². The monoisotopic (exact) mass is 581 g/mol. The fourth-order valence-corrected chi connectivity index (χ4v) is 4.44. The van der Waals surface area contributed by atoms with Crippen molar-refractivity contribution in [2.75, 3.05) is 6.61 Å². The molecule has 12 heteroatoms. The van der Waals surface area contributed by atoms with Gasteiger partial charge in [-0.25, -0.2) is 8.84 Å². The average molecular weight is 581 g/mol. The van der Waals surface area contributed by atoms with Gasteiger partial charge in [-0.3, -0.25) is 4.79 Å². The standard InChI is InChI=1S/C20H17F4IN3O3P/c1-2-30-17-8-7-12(21)9-15(17)16-10-13(27-28(16)32-25)11-26-19(29)14-5-3-4-6-18(14)31-20(22,23)24/h3-10,32H,2,11H2,1H3,(H,26,29). The SMILES string of the molecule is CCOc1ccc(F)cc1-c1cc(CNC(=O)c2ccccc2OC(F)(F)F)nn1PI. The largest absolute Gasteiger partial charge is 0.573 e. The molecule has 170 valence electrons. The van der Waals surface area contributed by atoms with E-state index in [-0.39, 0.29) is 18.5 Å². The number of hydrogen-bond donors (Lipinski definition) is 1. The van der Waals surface area contributed by atoms with Gasteiger partial charge in [0.25, 0.3) is 5.91 Å². The van der Waals surface area contributed by atoms with E-state index in [0.717, 1.165) is 6.07 Å². The third kappa shape index (κ3) is 6.10. The van der Waals surface area contributed by atoms with Crippen LogP contribution >= 0.6 is 28.4 Å². The minimum absolute atomic E-state index is 0.0560. The number of nitrogens with zero attached hydrogens (tertiary/aromatic N) is 2. The van der Waals surface area contributed by atoms with Crippen molar-refractivity contribution in [2.45, 2.75) is 19.8 Å². The number of benzene rings is 2. The summed E-state index contributed by atoms with van der Waals surface area (Å²) in [5.41, 5.74) is 1.28. The van der Waals surface area contributed by atoms with Crippen LogP contribution < -0.4 is 14.8 Å². The molecule has 0 radical (unpaired) electrons. The van der Waals surface area contributed by atoms with Crippen molar-refractivity contribution in [3.63, 3.8) is 0 Å². The number of amides is 1. The van der Waals surface area contributed by atoms with Crippen LogP contribution in [0.5, 0.6) is 11.5 Å². The Kier molecular flexibility index (Phi) is 7.94. The molecular formula is C20H17F4IN3O3P. The molecule has 3 rings (SSSR count). The number of carbonyl (C=O) groups excluding carboxylic acids is 1. The zero-order valence-corrected chi connectivity index (χ0v) is 19.7. The average Bonchev–Trinajstić information content (AvgIpc) is 3.16. The number of alkyl halides is 3. The highest BCUT2D eigenvalue weighted by molar-refractivity contribution is 14.2. The summed E-state index contributed by atoms with van der Waals surface area (Å²) in [7, 11) is 0. The van der Waals surface area contributed by atoms with E-state index in [1.54, 1.807) is 10.5 Å². The van der Waals surface area contributed by atoms with Crippen molar-refractivity contribution < 1.29 is 31.8 Å². The number of nitrogens with one attached hydrogen (secondary N) is 1. The molecule has 0 saturated heterocycles. The van der Waals surface area contributed by atoms with E-state index in [1.807, 2.05) is 6.92 Å². The van der Waals surface area contributed by atoms with Crippen LogP contribution in [0.25, 0.3) is 11.3 Å². The Labute approximate surface area is 195 Å². The van der Waals surface area contributed by atoms with E-state index < -0.39 is 23.8 Å². The fourth-order valence-electron chi connectivity index (χ4n) is 2.89. The zero-order valence-electron chi connectivity index (χ0n) is 16.5. The van der Waals surface area contributed by atoms with Crippen LogP contribution in [0.15, 0.2) is 48.5 Å². The maximum Gasteiger partial charge on any atom is 0.573 e. The highest BCUT2D eigenvalue weighted by Crippen LogP contribution is 2.37. The van der Waals surface area contributed by atoms with Crippen LogP contribution in [0.3, 0.4) is 0 Å². The van der Waals surface area contributed by atoms with Crippen LogP contribution in [-0.2, 0) is 6.54 Å². The molecule has 0 bridgehead atoms. The van der Waals surface area contributed by atoms with Gasteiger partial charge in [-0.05, 0) is 65.4 Å². The van der Waals surface area contributed by atoms with Crippen molar-refractivity contribution >= 4 is 34.3 Å². The molecule has 1 N–H and O–H groups in total. The van der Waals surface area contributed by atoms with E-state index in [1.165, 1.54) is 36.4 Å². The lowest BCUT2D eigenvalue weighted by Gasteiger charge is -2.12. The zero-order chi connectivity index (χ0) is 23.3. The van der Waals surface area contributed by atoms with E-state index in [9.17, 15) is 22.4 Å². The van der Waals surface area contributed by atoms with E-state index in [4.69, 9.17) is 4.74 Å². The van der Waals surface area contributed by atoms with Crippen LogP contribution in [0, 0.1) is 5.82 Å². The lowest BCUT2D eigenvalue weighted by molar-refractivity contribution is -0.274. The second kappa shape index (κ2) is 10.5. The minimum atomic E-state index is -4.92. The van der Waals surface area contributed by atoms with Gasteiger partial charge in [-0.15, -0.1) is 13.2 Å². The maximum absolute atomic E-state index is 13.9. The summed E-state index contributed by atoms with van der Waals surface area (Å²) >= 11 is 2.11.